The fourth-order valence-corrected chi connectivity index (χ4v) is 2.88. The van der Waals surface area contributed by atoms with Crippen LogP contribution in [0.15, 0.2) is 66.4 Å². The summed E-state index contributed by atoms with van der Waals surface area (Å²) in [5, 5.41) is 20.4. The summed E-state index contributed by atoms with van der Waals surface area (Å²) in [7, 11) is 1.60. The van der Waals surface area contributed by atoms with Gasteiger partial charge in [0.1, 0.15) is 24.1 Å². The fraction of sp³-hybridized carbons (Fsp3) is 0.190. The van der Waals surface area contributed by atoms with Gasteiger partial charge in [-0.15, -0.1) is 0 Å². The van der Waals surface area contributed by atoms with Gasteiger partial charge < -0.3 is 20.1 Å². The Morgan fingerprint density at radius 1 is 1.25 bits per heavy atom. The van der Waals surface area contributed by atoms with Crippen molar-refractivity contribution in [2.24, 2.45) is 0 Å². The normalized spacial score (nSPS) is 16.6. The highest BCUT2D eigenvalue weighted by atomic mass is 16.5. The summed E-state index contributed by atoms with van der Waals surface area (Å²) in [4.78, 5) is 26.4. The number of allylic oxidation sites excluding steroid dienone is 1. The monoisotopic (exact) mass is 379 g/mol. The summed E-state index contributed by atoms with van der Waals surface area (Å²) in [6.07, 6.45) is 1.29. The van der Waals surface area contributed by atoms with E-state index in [1.165, 1.54) is 4.90 Å². The molecule has 1 aliphatic rings. The Hall–Kier alpha value is -3.61. The topological polar surface area (TPSA) is 103 Å². The van der Waals surface area contributed by atoms with Gasteiger partial charge in [-0.3, -0.25) is 15.0 Å². The predicted octanol–water partition coefficient (Wildman–Crippen LogP) is 2.23. The number of hydrogen-bond donors (Lipinski definition) is 3. The number of aliphatic hydroxyl groups is 1. The van der Waals surface area contributed by atoms with Gasteiger partial charge >= 0.3 is 0 Å². The van der Waals surface area contributed by atoms with Crippen LogP contribution in [-0.4, -0.2) is 42.3 Å². The molecule has 3 rings (SSSR count). The number of aliphatic hydroxyl groups excluding tert-OH is 1. The highest BCUT2D eigenvalue weighted by Gasteiger charge is 2.30. The highest BCUT2D eigenvalue weighted by Crippen LogP contribution is 2.29. The van der Waals surface area contributed by atoms with E-state index in [0.717, 1.165) is 11.6 Å². The molecule has 0 radical (unpaired) electrons. The second-order valence-electron chi connectivity index (χ2n) is 6.41. The number of benzene rings is 2. The molecule has 28 heavy (non-hydrogen) atoms. The minimum absolute atomic E-state index is 0.0427. The van der Waals surface area contributed by atoms with Crippen LogP contribution < -0.4 is 15.0 Å². The van der Waals surface area contributed by atoms with Crippen molar-refractivity contribution in [2.45, 2.75) is 12.5 Å². The molecule has 2 aromatic carbocycles. The van der Waals surface area contributed by atoms with Gasteiger partial charge in [-0.05, 0) is 17.7 Å². The van der Waals surface area contributed by atoms with Crippen molar-refractivity contribution in [3.8, 4) is 5.75 Å². The maximum absolute atomic E-state index is 12.6. The van der Waals surface area contributed by atoms with Gasteiger partial charge in [0.05, 0.1) is 11.4 Å². The lowest BCUT2D eigenvalue weighted by Gasteiger charge is -2.20. The molecule has 0 fully saturated rings. The van der Waals surface area contributed by atoms with E-state index in [2.05, 4.69) is 5.32 Å². The zero-order chi connectivity index (χ0) is 20.1. The van der Waals surface area contributed by atoms with E-state index >= 15 is 0 Å². The molecule has 0 aliphatic carbocycles. The SMILES string of the molecule is CN1C(=O)[C@@H](NC(=O)C(=N)/C=C(\O)Cc2ccccc2)COc2ccccc21. The van der Waals surface area contributed by atoms with Crippen LogP contribution in [0.5, 0.6) is 5.75 Å². The minimum Gasteiger partial charge on any atom is -0.512 e. The van der Waals surface area contributed by atoms with Crippen molar-refractivity contribution < 1.29 is 19.4 Å². The molecule has 1 heterocycles. The zero-order valence-electron chi connectivity index (χ0n) is 15.4. The molecule has 0 spiro atoms. The Morgan fingerprint density at radius 3 is 2.68 bits per heavy atom. The van der Waals surface area contributed by atoms with Crippen molar-refractivity contribution >= 4 is 23.2 Å². The van der Waals surface area contributed by atoms with Crippen LogP contribution in [0.3, 0.4) is 0 Å². The first-order valence-corrected chi connectivity index (χ1v) is 8.78. The number of anilines is 1. The average molecular weight is 379 g/mol. The van der Waals surface area contributed by atoms with Gasteiger partial charge in [-0.1, -0.05) is 42.5 Å². The van der Waals surface area contributed by atoms with Gasteiger partial charge in [-0.2, -0.15) is 0 Å². The molecular formula is C21H21N3O4. The Labute approximate surface area is 162 Å². The number of ether oxygens (including phenoxy) is 1. The average Bonchev–Trinajstić information content (AvgIpc) is 2.81. The van der Waals surface area contributed by atoms with Crippen LogP contribution in [0, 0.1) is 5.41 Å². The van der Waals surface area contributed by atoms with Crippen LogP contribution >= 0.6 is 0 Å². The summed E-state index contributed by atoms with van der Waals surface area (Å²) in [6.45, 7) is -0.0427. The Kier molecular flexibility index (Phi) is 5.74. The largest absolute Gasteiger partial charge is 0.512 e. The first-order valence-electron chi connectivity index (χ1n) is 8.78. The van der Waals surface area contributed by atoms with E-state index in [-0.39, 0.29) is 24.7 Å². The molecule has 1 aliphatic heterocycles. The number of likely N-dealkylation sites (N-methyl/N-ethyl adjacent to an activating group) is 1. The van der Waals surface area contributed by atoms with Crippen LogP contribution in [0.1, 0.15) is 5.56 Å². The predicted molar refractivity (Wildman–Crippen MR) is 106 cm³/mol. The number of carbonyl (C=O) groups is 2. The van der Waals surface area contributed by atoms with E-state index < -0.39 is 17.7 Å². The van der Waals surface area contributed by atoms with E-state index in [0.29, 0.717) is 11.4 Å². The summed E-state index contributed by atoms with van der Waals surface area (Å²) in [5.41, 5.74) is 1.03. The molecule has 0 saturated heterocycles. The van der Waals surface area contributed by atoms with E-state index in [4.69, 9.17) is 10.1 Å². The number of carbonyl (C=O) groups excluding carboxylic acids is 2. The van der Waals surface area contributed by atoms with Gasteiger partial charge in [0.25, 0.3) is 11.8 Å². The van der Waals surface area contributed by atoms with Gasteiger partial charge in [-0.25, -0.2) is 0 Å². The number of fused-ring (bicyclic) bond motifs is 1. The molecule has 2 amide bonds. The molecule has 7 heteroatoms. The van der Waals surface area contributed by atoms with Crippen LogP contribution in [0.2, 0.25) is 0 Å². The first-order chi connectivity index (χ1) is 13.5. The molecule has 0 unspecified atom stereocenters. The van der Waals surface area contributed by atoms with Crippen LogP contribution in [-0.2, 0) is 16.0 Å². The Balaban J connectivity index is 1.64. The third-order valence-corrected chi connectivity index (χ3v) is 4.35. The third-order valence-electron chi connectivity index (χ3n) is 4.35. The summed E-state index contributed by atoms with van der Waals surface area (Å²) < 4.78 is 5.63. The molecule has 0 saturated carbocycles. The first kappa shape index (κ1) is 19.2. The van der Waals surface area contributed by atoms with E-state index in [1.54, 1.807) is 31.3 Å². The number of nitrogens with one attached hydrogen (secondary N) is 2. The second kappa shape index (κ2) is 8.39. The summed E-state index contributed by atoms with van der Waals surface area (Å²) >= 11 is 0. The summed E-state index contributed by atoms with van der Waals surface area (Å²) in [5.74, 6) is -0.672. The molecule has 144 valence electrons. The maximum Gasteiger partial charge on any atom is 0.270 e. The van der Waals surface area contributed by atoms with Crippen molar-refractivity contribution in [1.82, 2.24) is 5.32 Å². The highest BCUT2D eigenvalue weighted by molar-refractivity contribution is 6.42. The van der Waals surface area contributed by atoms with Crippen molar-refractivity contribution in [2.75, 3.05) is 18.6 Å². The van der Waals surface area contributed by atoms with E-state index in [9.17, 15) is 14.7 Å². The van der Waals surface area contributed by atoms with Crippen LogP contribution in [0.4, 0.5) is 5.69 Å². The number of amides is 2. The number of para-hydroxylation sites is 2. The molecule has 2 aromatic rings. The molecule has 1 atom stereocenters. The third kappa shape index (κ3) is 4.37. The lowest BCUT2D eigenvalue weighted by Crippen LogP contribution is -2.50. The summed E-state index contributed by atoms with van der Waals surface area (Å²) in [6, 6.07) is 15.4. The van der Waals surface area contributed by atoms with Crippen molar-refractivity contribution in [3.05, 3.63) is 72.0 Å². The standard InChI is InChI=1S/C21H21N3O4/c1-24-18-9-5-6-10-19(18)28-13-17(21(24)27)23-20(26)16(22)12-15(25)11-14-7-3-2-4-8-14/h2-10,12,17,22,25H,11,13H2,1H3,(H,23,26)/b15-12-,22-16?/t17-/m0/s1. The zero-order valence-corrected chi connectivity index (χ0v) is 15.4. The lowest BCUT2D eigenvalue weighted by molar-refractivity contribution is -0.124. The van der Waals surface area contributed by atoms with E-state index in [1.807, 2.05) is 30.3 Å². The maximum atomic E-state index is 12.6. The Morgan fingerprint density at radius 2 is 1.93 bits per heavy atom. The van der Waals surface area contributed by atoms with Crippen LogP contribution in [0.25, 0.3) is 0 Å². The fourth-order valence-electron chi connectivity index (χ4n) is 2.88. The smallest absolute Gasteiger partial charge is 0.270 e. The van der Waals surface area contributed by atoms with Crippen molar-refractivity contribution in [1.29, 1.82) is 5.41 Å². The molecule has 7 nitrogen and oxygen atoms in total. The molecular weight excluding hydrogens is 358 g/mol. The molecule has 0 aromatic heterocycles. The minimum atomic E-state index is -0.935. The van der Waals surface area contributed by atoms with Gasteiger partial charge in [0.2, 0.25) is 0 Å². The van der Waals surface area contributed by atoms with Gasteiger partial charge in [0, 0.05) is 19.5 Å². The quantitative estimate of drug-likeness (QED) is 0.547. The molecule has 3 N–H and O–H groups in total. The second-order valence-corrected chi connectivity index (χ2v) is 6.41. The lowest BCUT2D eigenvalue weighted by atomic mass is 10.1. The van der Waals surface area contributed by atoms with Crippen molar-refractivity contribution in [3.63, 3.8) is 0 Å². The molecule has 0 bridgehead atoms. The number of rotatable bonds is 5. The van der Waals surface area contributed by atoms with Gasteiger partial charge in [0.15, 0.2) is 0 Å². The number of hydrogen-bond acceptors (Lipinski definition) is 5. The number of nitrogens with zero attached hydrogens (tertiary/aromatic N) is 1. The Bertz CT molecular complexity index is 924.